The first kappa shape index (κ1) is 43.9. The molecule has 0 atom stereocenters. The number of hydrogen-bond donors (Lipinski definition) is 4. The van der Waals surface area contributed by atoms with Gasteiger partial charge in [-0.3, -0.25) is 29.8 Å². The van der Waals surface area contributed by atoms with Crippen LogP contribution in [-0.2, 0) is 30.7 Å². The number of primary amides is 2. The van der Waals surface area contributed by atoms with Crippen molar-refractivity contribution < 1.29 is 47.0 Å². The van der Waals surface area contributed by atoms with Crippen LogP contribution in [0.1, 0.15) is 99.6 Å². The normalized spacial score (nSPS) is 15.3. The maximum atomic E-state index is 13.8. The van der Waals surface area contributed by atoms with Crippen LogP contribution < -0.4 is 31.6 Å². The summed E-state index contributed by atoms with van der Waals surface area (Å²) >= 11 is 0. The predicted molar refractivity (Wildman–Crippen MR) is 234 cm³/mol. The lowest BCUT2D eigenvalue weighted by Gasteiger charge is -2.49. The molecule has 2 aromatic carbocycles. The number of allylic oxidation sites excluding steroid dienone is 2. The topological polar surface area (TPSA) is 280 Å². The summed E-state index contributed by atoms with van der Waals surface area (Å²) in [7, 11) is 0. The van der Waals surface area contributed by atoms with E-state index in [1.165, 1.54) is 29.2 Å². The molecule has 6 aromatic rings. The molecule has 0 bridgehead atoms. The standard InChI is InChI=1S/C44H49N11O10/c1-8-26-34(63-22(3)47-26)38(58)51-40-49-28-14-24(36(45)56)16-30-32(28)54(40)12-10-11-13-55-33-29(50-41(55)52-39(59)35-27(9-2)48-23(4)64-35)15-25(37(46)57)17-31(33)62-21-44(20-61-30)18-53(19-44)42(60)65-43(5,6)7/h10-11,14-17H,8-9,12-13,18-21H2,1-7H3,(H2,45,56)(H2,46,57)(H,49,51,58)(H,50,52,59)/b11-10-. The molecule has 0 aliphatic carbocycles. The Bertz CT molecular complexity index is 2770. The van der Waals surface area contributed by atoms with Gasteiger partial charge in [-0.15, -0.1) is 0 Å². The number of carbonyl (C=O) groups is 5. The molecule has 6 heterocycles. The van der Waals surface area contributed by atoms with Gasteiger partial charge in [0.2, 0.25) is 35.2 Å². The van der Waals surface area contributed by atoms with Gasteiger partial charge in [-0.1, -0.05) is 26.0 Å². The molecule has 65 heavy (non-hydrogen) atoms. The van der Waals surface area contributed by atoms with E-state index < -0.39 is 40.7 Å². The molecule has 1 spiro atoms. The number of carbonyl (C=O) groups excluding carboxylic acids is 5. The Morgan fingerprint density at radius 1 is 0.708 bits per heavy atom. The fourth-order valence-corrected chi connectivity index (χ4v) is 7.87. The van der Waals surface area contributed by atoms with Crippen molar-refractivity contribution in [2.75, 3.05) is 36.9 Å². The number of nitrogens with one attached hydrogen (secondary N) is 2. The lowest BCUT2D eigenvalue weighted by atomic mass is 9.81. The number of rotatable bonds is 8. The number of amides is 5. The zero-order valence-corrected chi connectivity index (χ0v) is 37.0. The van der Waals surface area contributed by atoms with Crippen molar-refractivity contribution in [3.05, 3.63) is 82.2 Å². The summed E-state index contributed by atoms with van der Waals surface area (Å²) in [4.78, 5) is 86.0. The minimum atomic E-state index is -0.912. The van der Waals surface area contributed by atoms with Crippen LogP contribution in [0, 0.1) is 19.3 Å². The average molecular weight is 892 g/mol. The van der Waals surface area contributed by atoms with E-state index in [4.69, 9.17) is 44.5 Å². The predicted octanol–water partition coefficient (Wildman–Crippen LogP) is 5.07. The highest BCUT2D eigenvalue weighted by Gasteiger charge is 2.49. The molecule has 0 saturated carbocycles. The third-order valence-corrected chi connectivity index (χ3v) is 10.8. The molecular formula is C44H49N11O10. The van der Waals surface area contributed by atoms with E-state index in [2.05, 4.69) is 20.6 Å². The van der Waals surface area contributed by atoms with E-state index >= 15 is 0 Å². The van der Waals surface area contributed by atoms with Crippen LogP contribution >= 0.6 is 0 Å². The fourth-order valence-electron chi connectivity index (χ4n) is 7.87. The second-order valence-corrected chi connectivity index (χ2v) is 17.0. The molecule has 4 aromatic heterocycles. The largest absolute Gasteiger partial charge is 0.490 e. The molecule has 21 nitrogen and oxygen atoms in total. The Hall–Kier alpha value is -7.71. The number of aryl methyl sites for hydroxylation is 4. The summed E-state index contributed by atoms with van der Waals surface area (Å²) in [6.07, 6.45) is 3.93. The van der Waals surface area contributed by atoms with E-state index in [0.717, 1.165) is 0 Å². The Balaban J connectivity index is 1.27. The zero-order chi connectivity index (χ0) is 46.5. The summed E-state index contributed by atoms with van der Waals surface area (Å²) in [6.45, 7) is 12.6. The van der Waals surface area contributed by atoms with Gasteiger partial charge in [-0.05, 0) is 57.9 Å². The number of hydrogen-bond acceptors (Lipinski definition) is 14. The van der Waals surface area contributed by atoms with E-state index in [0.29, 0.717) is 47.0 Å². The molecule has 1 saturated heterocycles. The van der Waals surface area contributed by atoms with Crippen LogP contribution in [0.3, 0.4) is 0 Å². The molecule has 6 N–H and O–H groups in total. The van der Waals surface area contributed by atoms with Crippen molar-refractivity contribution in [3.63, 3.8) is 0 Å². The summed E-state index contributed by atoms with van der Waals surface area (Å²) in [5.41, 5.74) is 12.4. The maximum absolute atomic E-state index is 13.8. The Morgan fingerprint density at radius 2 is 1.14 bits per heavy atom. The molecule has 1 fully saturated rings. The van der Waals surface area contributed by atoms with Crippen molar-refractivity contribution in [1.82, 2.24) is 34.0 Å². The zero-order valence-electron chi connectivity index (χ0n) is 37.0. The third kappa shape index (κ3) is 8.68. The fraction of sp³-hybridized carbons (Fsp3) is 0.386. The van der Waals surface area contributed by atoms with Crippen molar-refractivity contribution in [2.45, 2.75) is 80.0 Å². The molecule has 2 aliphatic rings. The van der Waals surface area contributed by atoms with Crippen LogP contribution in [0.4, 0.5) is 16.7 Å². The molecule has 0 radical (unpaired) electrons. The quantitative estimate of drug-likeness (QED) is 0.145. The Labute approximate surface area is 371 Å². The van der Waals surface area contributed by atoms with Crippen molar-refractivity contribution in [1.29, 1.82) is 0 Å². The number of ether oxygens (including phenoxy) is 3. The number of benzene rings is 2. The summed E-state index contributed by atoms with van der Waals surface area (Å²) in [5.74, 6) is -1.39. The molecule has 2 aliphatic heterocycles. The van der Waals surface area contributed by atoms with Crippen LogP contribution in [0.25, 0.3) is 22.1 Å². The molecular weight excluding hydrogens is 843 g/mol. The lowest BCUT2D eigenvalue weighted by molar-refractivity contribution is -0.0692. The minimum absolute atomic E-state index is 0.0247. The van der Waals surface area contributed by atoms with Crippen molar-refractivity contribution in [2.24, 2.45) is 16.9 Å². The van der Waals surface area contributed by atoms with Gasteiger partial charge in [0, 0.05) is 51.2 Å². The maximum Gasteiger partial charge on any atom is 0.410 e. The minimum Gasteiger partial charge on any atom is -0.490 e. The summed E-state index contributed by atoms with van der Waals surface area (Å²) in [6, 6.07) is 6.00. The molecule has 8 rings (SSSR count). The molecule has 5 amide bonds. The van der Waals surface area contributed by atoms with Crippen LogP contribution in [0.5, 0.6) is 11.5 Å². The highest BCUT2D eigenvalue weighted by molar-refractivity contribution is 6.05. The van der Waals surface area contributed by atoms with E-state index in [-0.39, 0.29) is 96.5 Å². The Kier molecular flexibility index (Phi) is 11.3. The monoisotopic (exact) mass is 891 g/mol. The van der Waals surface area contributed by atoms with Gasteiger partial charge >= 0.3 is 6.09 Å². The van der Waals surface area contributed by atoms with Gasteiger partial charge in [0.1, 0.15) is 41.3 Å². The highest BCUT2D eigenvalue weighted by atomic mass is 16.6. The third-order valence-electron chi connectivity index (χ3n) is 10.8. The number of likely N-dealkylation sites (tertiary alicyclic amines) is 1. The number of imidazole rings is 2. The van der Waals surface area contributed by atoms with Crippen LogP contribution in [-0.4, -0.2) is 95.6 Å². The van der Waals surface area contributed by atoms with Gasteiger partial charge in [0.05, 0.1) is 27.8 Å². The van der Waals surface area contributed by atoms with Gasteiger partial charge < -0.3 is 48.5 Å². The average Bonchev–Trinajstić information content (AvgIpc) is 3.99. The van der Waals surface area contributed by atoms with E-state index in [1.54, 1.807) is 55.9 Å². The first-order valence-corrected chi connectivity index (χ1v) is 21.0. The van der Waals surface area contributed by atoms with Gasteiger partial charge in [0.25, 0.3) is 11.8 Å². The molecule has 0 unspecified atom stereocenters. The van der Waals surface area contributed by atoms with Crippen molar-refractivity contribution in [3.8, 4) is 11.5 Å². The number of anilines is 2. The highest BCUT2D eigenvalue weighted by Crippen LogP contribution is 2.39. The smallest absolute Gasteiger partial charge is 0.410 e. The van der Waals surface area contributed by atoms with Crippen LogP contribution in [0.15, 0.2) is 45.3 Å². The molecule has 340 valence electrons. The van der Waals surface area contributed by atoms with E-state index in [9.17, 15) is 24.0 Å². The first-order chi connectivity index (χ1) is 30.9. The van der Waals surface area contributed by atoms with Gasteiger partial charge in [0.15, 0.2) is 11.8 Å². The first-order valence-electron chi connectivity index (χ1n) is 21.0. The summed E-state index contributed by atoms with van der Waals surface area (Å²) < 4.78 is 33.7. The second-order valence-electron chi connectivity index (χ2n) is 17.0. The second kappa shape index (κ2) is 16.8. The lowest BCUT2D eigenvalue weighted by Crippen LogP contribution is -2.64. The number of oxazole rings is 2. The Morgan fingerprint density at radius 3 is 1.52 bits per heavy atom. The van der Waals surface area contributed by atoms with E-state index in [1.807, 2.05) is 13.8 Å². The number of nitrogens with zero attached hydrogens (tertiary/aromatic N) is 7. The summed E-state index contributed by atoms with van der Waals surface area (Å²) in [5, 5.41) is 5.73. The van der Waals surface area contributed by atoms with Crippen molar-refractivity contribution >= 4 is 63.7 Å². The van der Waals surface area contributed by atoms with Crippen LogP contribution in [0.2, 0.25) is 0 Å². The molecule has 21 heteroatoms. The SMILES string of the molecule is CCc1nc(C)oc1C(=O)Nc1nc2cc(C(N)=O)cc3c2n1C/C=C\Cn1c(NC(=O)c2oc(C)nc2CC)nc2cc(C(N)=O)cc(c21)OCC1(CO3)CN(C(=O)OC(C)(C)C)C1. The number of nitrogens with two attached hydrogens (primary N) is 2. The van der Waals surface area contributed by atoms with Gasteiger partial charge in [-0.25, -0.2) is 24.7 Å². The van der Waals surface area contributed by atoms with Gasteiger partial charge in [-0.2, -0.15) is 0 Å². The number of aromatic nitrogens is 6.